The highest BCUT2D eigenvalue weighted by Gasteiger charge is 2.15. The molecule has 0 aromatic heterocycles. The van der Waals surface area contributed by atoms with Gasteiger partial charge < -0.3 is 10.5 Å². The Balaban J connectivity index is 2.18. The molecule has 0 aromatic carbocycles. The molecule has 3 N–H and O–H groups in total. The third-order valence-electron chi connectivity index (χ3n) is 1.84. The summed E-state index contributed by atoms with van der Waals surface area (Å²) in [6, 6.07) is 0.885. The van der Waals surface area contributed by atoms with Gasteiger partial charge in [0, 0.05) is 18.6 Å². The molecule has 0 aromatic rings. The maximum atomic E-state index is 8.49. The van der Waals surface area contributed by atoms with Crippen molar-refractivity contribution in [1.82, 2.24) is 10.8 Å². The van der Waals surface area contributed by atoms with Crippen LogP contribution in [-0.4, -0.2) is 23.8 Å². The van der Waals surface area contributed by atoms with E-state index in [1.54, 1.807) is 0 Å². The number of hydrogen-bond donors (Lipinski definition) is 3. The van der Waals surface area contributed by atoms with Crippen molar-refractivity contribution in [2.45, 2.75) is 31.8 Å². The second-order valence-electron chi connectivity index (χ2n) is 2.71. The Morgan fingerprint density at radius 3 is 2.78 bits per heavy atom. The van der Waals surface area contributed by atoms with Crippen LogP contribution < -0.4 is 10.8 Å². The lowest BCUT2D eigenvalue weighted by atomic mass is 10.0. The average molecular weight is 130 g/mol. The molecule has 9 heavy (non-hydrogen) atoms. The van der Waals surface area contributed by atoms with E-state index in [9.17, 15) is 0 Å². The molecule has 0 bridgehead atoms. The molecule has 0 saturated carbocycles. The zero-order valence-electron chi connectivity index (χ0n) is 5.72. The quantitative estimate of drug-likeness (QED) is 0.441. The molecule has 1 aliphatic rings. The van der Waals surface area contributed by atoms with Gasteiger partial charge in [-0.25, -0.2) is 5.48 Å². The molecule has 0 amide bonds. The van der Waals surface area contributed by atoms with Crippen LogP contribution >= 0.6 is 0 Å². The van der Waals surface area contributed by atoms with Crippen LogP contribution in [0.1, 0.15) is 19.8 Å². The smallest absolute Gasteiger partial charge is 0.0445 e. The molecule has 1 heterocycles. The highest BCUT2D eigenvalue weighted by molar-refractivity contribution is 4.76. The molecule has 0 spiro atoms. The van der Waals surface area contributed by atoms with E-state index in [-0.39, 0.29) is 6.04 Å². The van der Waals surface area contributed by atoms with Crippen LogP contribution in [0.3, 0.4) is 0 Å². The number of hydrogen-bond acceptors (Lipinski definition) is 3. The minimum atomic E-state index is 0.265. The van der Waals surface area contributed by atoms with Gasteiger partial charge in [-0.3, -0.25) is 0 Å². The number of piperidine rings is 1. The van der Waals surface area contributed by atoms with E-state index in [0.29, 0.717) is 6.04 Å². The lowest BCUT2D eigenvalue weighted by molar-refractivity contribution is 0.107. The molecule has 3 nitrogen and oxygen atoms in total. The molecule has 54 valence electrons. The van der Waals surface area contributed by atoms with E-state index < -0.39 is 0 Å². The fourth-order valence-corrected chi connectivity index (χ4v) is 1.11. The lowest BCUT2D eigenvalue weighted by Gasteiger charge is -2.26. The van der Waals surface area contributed by atoms with Gasteiger partial charge in [-0.1, -0.05) is 0 Å². The Morgan fingerprint density at radius 1 is 1.56 bits per heavy atom. The van der Waals surface area contributed by atoms with Gasteiger partial charge in [0.25, 0.3) is 0 Å². The van der Waals surface area contributed by atoms with Gasteiger partial charge in [0.2, 0.25) is 0 Å². The van der Waals surface area contributed by atoms with Crippen LogP contribution in [0.4, 0.5) is 0 Å². The van der Waals surface area contributed by atoms with Gasteiger partial charge in [0.05, 0.1) is 0 Å². The van der Waals surface area contributed by atoms with Crippen molar-refractivity contribution in [1.29, 1.82) is 0 Å². The summed E-state index contributed by atoms with van der Waals surface area (Å²) in [5, 5.41) is 11.7. The summed E-state index contributed by atoms with van der Waals surface area (Å²) >= 11 is 0. The number of hydroxylamine groups is 1. The Labute approximate surface area is 55.4 Å². The van der Waals surface area contributed by atoms with Crippen LogP contribution in [0.2, 0.25) is 0 Å². The fourth-order valence-electron chi connectivity index (χ4n) is 1.11. The Kier molecular flexibility index (Phi) is 2.45. The summed E-state index contributed by atoms with van der Waals surface area (Å²) in [4.78, 5) is 0. The van der Waals surface area contributed by atoms with Crippen LogP contribution in [0, 0.1) is 0 Å². The molecule has 0 radical (unpaired) electrons. The van der Waals surface area contributed by atoms with Gasteiger partial charge in [-0.2, -0.15) is 0 Å². The molecule has 1 saturated heterocycles. The summed E-state index contributed by atoms with van der Waals surface area (Å²) in [7, 11) is 0. The summed E-state index contributed by atoms with van der Waals surface area (Å²) in [5.74, 6) is 0. The maximum Gasteiger partial charge on any atom is 0.0445 e. The first-order chi connectivity index (χ1) is 4.33. The largest absolute Gasteiger partial charge is 0.316 e. The third-order valence-corrected chi connectivity index (χ3v) is 1.84. The van der Waals surface area contributed by atoms with E-state index in [1.807, 2.05) is 0 Å². The highest BCUT2D eigenvalue weighted by Crippen LogP contribution is 2.05. The van der Waals surface area contributed by atoms with E-state index in [0.717, 1.165) is 19.4 Å². The topological polar surface area (TPSA) is 44.3 Å². The zero-order valence-corrected chi connectivity index (χ0v) is 5.72. The van der Waals surface area contributed by atoms with E-state index in [2.05, 4.69) is 17.7 Å². The first-order valence-electron chi connectivity index (χ1n) is 3.46. The maximum absolute atomic E-state index is 8.49. The molecule has 2 atom stereocenters. The van der Waals surface area contributed by atoms with Gasteiger partial charge >= 0.3 is 0 Å². The standard InChI is InChI=1S/C6H14N2O/c1-5-2-3-6(8-9)4-7-5/h5-9H,2-4H2,1H3. The highest BCUT2D eigenvalue weighted by atomic mass is 16.5. The Bertz CT molecular complexity index is 79.1. The van der Waals surface area contributed by atoms with Crippen LogP contribution in [0.5, 0.6) is 0 Å². The normalized spacial score (nSPS) is 36.7. The fraction of sp³-hybridized carbons (Fsp3) is 1.00. The third kappa shape index (κ3) is 1.93. The van der Waals surface area contributed by atoms with Gasteiger partial charge in [0.15, 0.2) is 0 Å². The summed E-state index contributed by atoms with van der Waals surface area (Å²) in [6.07, 6.45) is 2.23. The second kappa shape index (κ2) is 3.15. The summed E-state index contributed by atoms with van der Waals surface area (Å²) < 4.78 is 0. The molecule has 1 aliphatic heterocycles. The van der Waals surface area contributed by atoms with E-state index in [1.165, 1.54) is 0 Å². The first-order valence-corrected chi connectivity index (χ1v) is 3.46. The Morgan fingerprint density at radius 2 is 2.33 bits per heavy atom. The molecule has 0 aliphatic carbocycles. The SMILES string of the molecule is CC1CCC(NO)CN1. The minimum absolute atomic E-state index is 0.265. The van der Waals surface area contributed by atoms with Crippen molar-refractivity contribution in [3.63, 3.8) is 0 Å². The number of rotatable bonds is 1. The van der Waals surface area contributed by atoms with Crippen LogP contribution in [-0.2, 0) is 0 Å². The predicted octanol–water partition coefficient (Wildman–Crippen LogP) is 0.106. The molecular formula is C6H14N2O. The van der Waals surface area contributed by atoms with Crippen LogP contribution in [0.15, 0.2) is 0 Å². The van der Waals surface area contributed by atoms with E-state index in [4.69, 9.17) is 5.21 Å². The van der Waals surface area contributed by atoms with Crippen molar-refractivity contribution in [3.8, 4) is 0 Å². The molecular weight excluding hydrogens is 116 g/mol. The van der Waals surface area contributed by atoms with Crippen molar-refractivity contribution in [3.05, 3.63) is 0 Å². The van der Waals surface area contributed by atoms with Gasteiger partial charge in [-0.05, 0) is 19.8 Å². The number of nitrogens with one attached hydrogen (secondary N) is 2. The molecule has 1 rings (SSSR count). The summed E-state index contributed by atoms with van der Waals surface area (Å²) in [6.45, 7) is 3.05. The molecule has 2 unspecified atom stereocenters. The van der Waals surface area contributed by atoms with Crippen molar-refractivity contribution >= 4 is 0 Å². The van der Waals surface area contributed by atoms with Crippen LogP contribution in [0.25, 0.3) is 0 Å². The second-order valence-corrected chi connectivity index (χ2v) is 2.71. The average Bonchev–Trinajstić information content (AvgIpc) is 1.90. The predicted molar refractivity (Wildman–Crippen MR) is 35.4 cm³/mol. The lowest BCUT2D eigenvalue weighted by Crippen LogP contribution is -2.45. The minimum Gasteiger partial charge on any atom is -0.316 e. The van der Waals surface area contributed by atoms with Crippen molar-refractivity contribution in [2.24, 2.45) is 0 Å². The van der Waals surface area contributed by atoms with Crippen molar-refractivity contribution in [2.75, 3.05) is 6.54 Å². The summed E-state index contributed by atoms with van der Waals surface area (Å²) in [5.41, 5.74) is 2.26. The monoisotopic (exact) mass is 130 g/mol. The zero-order chi connectivity index (χ0) is 6.69. The van der Waals surface area contributed by atoms with Gasteiger partial charge in [-0.15, -0.1) is 0 Å². The Hall–Kier alpha value is -0.120. The van der Waals surface area contributed by atoms with Gasteiger partial charge in [0.1, 0.15) is 0 Å². The van der Waals surface area contributed by atoms with E-state index >= 15 is 0 Å². The molecule has 3 heteroatoms. The van der Waals surface area contributed by atoms with Crippen molar-refractivity contribution < 1.29 is 5.21 Å². The first kappa shape index (κ1) is 6.99. The molecule has 1 fully saturated rings.